The fraction of sp³-hybridized carbons (Fsp3) is 0.273. The van der Waals surface area contributed by atoms with Gasteiger partial charge in [0.1, 0.15) is 0 Å². The molecule has 1 aliphatic rings. The SMILES string of the molecule is NC1(c2cc3cccc(Br)c3[nH]2)CC1. The van der Waals surface area contributed by atoms with Crippen LogP contribution in [0.4, 0.5) is 0 Å². The average molecular weight is 251 g/mol. The molecule has 3 heteroatoms. The Hall–Kier alpha value is -0.800. The molecule has 3 N–H and O–H groups in total. The van der Waals surface area contributed by atoms with Crippen molar-refractivity contribution in [3.63, 3.8) is 0 Å². The molecule has 0 amide bonds. The zero-order valence-electron chi connectivity index (χ0n) is 7.68. The zero-order valence-corrected chi connectivity index (χ0v) is 9.26. The molecule has 0 radical (unpaired) electrons. The Morgan fingerprint density at radius 3 is 2.79 bits per heavy atom. The van der Waals surface area contributed by atoms with Crippen molar-refractivity contribution in [2.75, 3.05) is 0 Å². The highest BCUT2D eigenvalue weighted by Gasteiger charge is 2.41. The number of hydrogen-bond donors (Lipinski definition) is 2. The maximum atomic E-state index is 6.14. The zero-order chi connectivity index (χ0) is 9.76. The summed E-state index contributed by atoms with van der Waals surface area (Å²) in [5.74, 6) is 0. The molecule has 3 rings (SSSR count). The van der Waals surface area contributed by atoms with Gasteiger partial charge in [0.25, 0.3) is 0 Å². The molecular formula is C11H11BrN2. The Labute approximate surface area is 90.6 Å². The molecule has 2 aromatic rings. The summed E-state index contributed by atoms with van der Waals surface area (Å²) in [4.78, 5) is 3.39. The quantitative estimate of drug-likeness (QED) is 0.803. The van der Waals surface area contributed by atoms with E-state index in [0.29, 0.717) is 0 Å². The van der Waals surface area contributed by atoms with Crippen molar-refractivity contribution in [2.45, 2.75) is 18.4 Å². The van der Waals surface area contributed by atoms with E-state index in [4.69, 9.17) is 5.73 Å². The van der Waals surface area contributed by atoms with Crippen LogP contribution in [0.25, 0.3) is 10.9 Å². The Bertz CT molecular complexity index is 497. The number of aromatic nitrogens is 1. The lowest BCUT2D eigenvalue weighted by atomic mass is 10.2. The standard InChI is InChI=1S/C11H11BrN2/c12-8-3-1-2-7-6-9(14-10(7)8)11(13)4-5-11/h1-3,6,14H,4-5,13H2. The number of benzene rings is 1. The number of hydrogen-bond acceptors (Lipinski definition) is 1. The summed E-state index contributed by atoms with van der Waals surface area (Å²) >= 11 is 3.53. The van der Waals surface area contributed by atoms with Gasteiger partial charge in [-0.1, -0.05) is 12.1 Å². The molecule has 72 valence electrons. The van der Waals surface area contributed by atoms with E-state index >= 15 is 0 Å². The van der Waals surface area contributed by atoms with Crippen LogP contribution in [0.1, 0.15) is 18.5 Å². The lowest BCUT2D eigenvalue weighted by molar-refractivity contribution is 0.717. The predicted octanol–water partition coefficient (Wildman–Crippen LogP) is 2.88. The molecule has 0 unspecified atom stereocenters. The average Bonchev–Trinajstić information content (AvgIpc) is 2.77. The number of para-hydroxylation sites is 1. The second-order valence-corrected chi connectivity index (χ2v) is 4.90. The van der Waals surface area contributed by atoms with E-state index < -0.39 is 0 Å². The third-order valence-corrected chi connectivity index (χ3v) is 3.59. The number of H-pyrrole nitrogens is 1. The number of rotatable bonds is 1. The first-order valence-corrected chi connectivity index (χ1v) is 5.55. The van der Waals surface area contributed by atoms with Crippen LogP contribution in [-0.2, 0) is 5.54 Å². The molecule has 0 saturated heterocycles. The van der Waals surface area contributed by atoms with Gasteiger partial charge in [-0.25, -0.2) is 0 Å². The minimum Gasteiger partial charge on any atom is -0.356 e. The predicted molar refractivity (Wildman–Crippen MR) is 61.1 cm³/mol. The summed E-state index contributed by atoms with van der Waals surface area (Å²) in [6.45, 7) is 0. The van der Waals surface area contributed by atoms with E-state index in [9.17, 15) is 0 Å². The highest BCUT2D eigenvalue weighted by Crippen LogP contribution is 2.43. The molecule has 0 atom stereocenters. The van der Waals surface area contributed by atoms with Crippen molar-refractivity contribution >= 4 is 26.8 Å². The summed E-state index contributed by atoms with van der Waals surface area (Å²) in [5, 5.41) is 1.23. The second-order valence-electron chi connectivity index (χ2n) is 4.04. The molecule has 1 aromatic heterocycles. The van der Waals surface area contributed by atoms with Crippen molar-refractivity contribution in [3.8, 4) is 0 Å². The van der Waals surface area contributed by atoms with E-state index in [0.717, 1.165) is 22.8 Å². The topological polar surface area (TPSA) is 41.8 Å². The first-order valence-electron chi connectivity index (χ1n) is 4.76. The van der Waals surface area contributed by atoms with Crippen LogP contribution in [0.3, 0.4) is 0 Å². The van der Waals surface area contributed by atoms with E-state index in [1.807, 2.05) is 12.1 Å². The largest absolute Gasteiger partial charge is 0.356 e. The van der Waals surface area contributed by atoms with Gasteiger partial charge < -0.3 is 10.7 Å². The van der Waals surface area contributed by atoms with E-state index in [2.05, 4.69) is 33.0 Å². The van der Waals surface area contributed by atoms with Crippen LogP contribution in [-0.4, -0.2) is 4.98 Å². The number of aromatic amines is 1. The Morgan fingerprint density at radius 2 is 2.14 bits per heavy atom. The molecule has 1 saturated carbocycles. The van der Waals surface area contributed by atoms with Crippen LogP contribution in [0, 0.1) is 0 Å². The van der Waals surface area contributed by atoms with Gasteiger partial charge in [0.2, 0.25) is 0 Å². The van der Waals surface area contributed by atoms with Crippen molar-refractivity contribution in [1.82, 2.24) is 4.98 Å². The van der Waals surface area contributed by atoms with Gasteiger partial charge in [0.15, 0.2) is 0 Å². The molecular weight excluding hydrogens is 240 g/mol. The fourth-order valence-corrected chi connectivity index (χ4v) is 2.27. The molecule has 1 fully saturated rings. The highest BCUT2D eigenvalue weighted by atomic mass is 79.9. The summed E-state index contributed by atoms with van der Waals surface area (Å²) in [6.07, 6.45) is 2.19. The summed E-state index contributed by atoms with van der Waals surface area (Å²) in [5.41, 5.74) is 8.38. The molecule has 1 aromatic carbocycles. The number of nitrogens with one attached hydrogen (secondary N) is 1. The molecule has 0 bridgehead atoms. The van der Waals surface area contributed by atoms with Crippen molar-refractivity contribution < 1.29 is 0 Å². The van der Waals surface area contributed by atoms with Crippen molar-refractivity contribution in [3.05, 3.63) is 34.4 Å². The number of fused-ring (bicyclic) bond motifs is 1. The minimum absolute atomic E-state index is 0.0710. The van der Waals surface area contributed by atoms with Crippen LogP contribution in [0.2, 0.25) is 0 Å². The van der Waals surface area contributed by atoms with Gasteiger partial charge in [-0.15, -0.1) is 0 Å². The minimum atomic E-state index is -0.0710. The van der Waals surface area contributed by atoms with Crippen molar-refractivity contribution in [1.29, 1.82) is 0 Å². The lowest BCUT2D eigenvalue weighted by Gasteiger charge is -2.03. The third-order valence-electron chi connectivity index (χ3n) is 2.93. The van der Waals surface area contributed by atoms with Gasteiger partial charge >= 0.3 is 0 Å². The number of nitrogens with two attached hydrogens (primary N) is 1. The Morgan fingerprint density at radius 1 is 1.36 bits per heavy atom. The van der Waals surface area contributed by atoms with Crippen LogP contribution < -0.4 is 5.73 Å². The number of halogens is 1. The molecule has 0 spiro atoms. The first kappa shape index (κ1) is 8.50. The lowest BCUT2D eigenvalue weighted by Crippen LogP contribution is -2.18. The van der Waals surface area contributed by atoms with Crippen LogP contribution >= 0.6 is 15.9 Å². The van der Waals surface area contributed by atoms with Gasteiger partial charge in [-0.05, 0) is 40.9 Å². The first-order chi connectivity index (χ1) is 6.69. The van der Waals surface area contributed by atoms with Gasteiger partial charge in [-0.2, -0.15) is 0 Å². The monoisotopic (exact) mass is 250 g/mol. The maximum Gasteiger partial charge on any atom is 0.0601 e. The summed E-state index contributed by atoms with van der Waals surface area (Å²) in [7, 11) is 0. The van der Waals surface area contributed by atoms with E-state index in [-0.39, 0.29) is 5.54 Å². The Balaban J connectivity index is 2.25. The molecule has 1 aliphatic carbocycles. The van der Waals surface area contributed by atoms with Crippen molar-refractivity contribution in [2.24, 2.45) is 5.73 Å². The van der Waals surface area contributed by atoms with E-state index in [1.54, 1.807) is 0 Å². The highest BCUT2D eigenvalue weighted by molar-refractivity contribution is 9.10. The molecule has 0 aliphatic heterocycles. The third kappa shape index (κ3) is 1.12. The summed E-state index contributed by atoms with van der Waals surface area (Å²) < 4.78 is 1.10. The fourth-order valence-electron chi connectivity index (χ4n) is 1.79. The van der Waals surface area contributed by atoms with Gasteiger partial charge in [-0.3, -0.25) is 0 Å². The Kier molecular flexibility index (Phi) is 1.59. The molecule has 14 heavy (non-hydrogen) atoms. The second kappa shape index (κ2) is 2.61. The molecule has 1 heterocycles. The molecule has 2 nitrogen and oxygen atoms in total. The van der Waals surface area contributed by atoms with Crippen LogP contribution in [0.15, 0.2) is 28.7 Å². The van der Waals surface area contributed by atoms with Gasteiger partial charge in [0, 0.05) is 15.6 Å². The smallest absolute Gasteiger partial charge is 0.0601 e. The summed E-state index contributed by atoms with van der Waals surface area (Å²) in [6, 6.07) is 8.34. The normalized spacial score (nSPS) is 18.7. The maximum absolute atomic E-state index is 6.14. The van der Waals surface area contributed by atoms with Crippen LogP contribution in [0.5, 0.6) is 0 Å². The van der Waals surface area contributed by atoms with E-state index in [1.165, 1.54) is 11.1 Å². The van der Waals surface area contributed by atoms with Gasteiger partial charge in [0.05, 0.1) is 11.1 Å².